The maximum atomic E-state index is 14.5. The van der Waals surface area contributed by atoms with Gasteiger partial charge in [-0.2, -0.15) is 0 Å². The SMILES string of the molecule is CS(=O)(=O)C1CCN(CCC2=C3C[C@H](c4c(F)ccc(Br)c4F)CN3CN2)CC1. The predicted octanol–water partition coefficient (Wildman–Crippen LogP) is 3.19. The summed E-state index contributed by atoms with van der Waals surface area (Å²) in [6.07, 6.45) is 4.17. The fourth-order valence-electron chi connectivity index (χ4n) is 4.74. The third-order valence-corrected chi connectivity index (χ3v) is 8.69. The highest BCUT2D eigenvalue weighted by atomic mass is 79.9. The van der Waals surface area contributed by atoms with Gasteiger partial charge < -0.3 is 15.1 Å². The number of allylic oxidation sites excluding steroid dienone is 1. The normalized spacial score (nSPS) is 23.6. The molecule has 0 aromatic heterocycles. The van der Waals surface area contributed by atoms with Gasteiger partial charge in [0.05, 0.1) is 16.4 Å². The molecule has 1 aromatic rings. The first-order valence-electron chi connectivity index (χ1n) is 9.99. The van der Waals surface area contributed by atoms with Crippen molar-refractivity contribution in [3.05, 3.63) is 45.2 Å². The molecule has 0 saturated carbocycles. The Labute approximate surface area is 179 Å². The van der Waals surface area contributed by atoms with Crippen LogP contribution in [-0.4, -0.2) is 62.6 Å². The molecular weight excluding hydrogens is 464 g/mol. The number of halogens is 3. The second-order valence-electron chi connectivity index (χ2n) is 8.26. The number of nitrogens with one attached hydrogen (secondary N) is 1. The minimum Gasteiger partial charge on any atom is -0.370 e. The number of nitrogens with zero attached hydrogens (tertiary/aromatic N) is 2. The summed E-state index contributed by atoms with van der Waals surface area (Å²) >= 11 is 3.16. The van der Waals surface area contributed by atoms with Gasteiger partial charge >= 0.3 is 0 Å². The number of benzene rings is 1. The highest BCUT2D eigenvalue weighted by molar-refractivity contribution is 9.10. The van der Waals surface area contributed by atoms with Crippen molar-refractivity contribution in [1.82, 2.24) is 15.1 Å². The Balaban J connectivity index is 1.39. The Hall–Kier alpha value is -1.19. The lowest BCUT2D eigenvalue weighted by atomic mass is 9.95. The van der Waals surface area contributed by atoms with Crippen LogP contribution in [0.25, 0.3) is 0 Å². The molecule has 160 valence electrons. The fraction of sp³-hybridized carbons (Fsp3) is 0.600. The van der Waals surface area contributed by atoms with Gasteiger partial charge in [-0.15, -0.1) is 0 Å². The Bertz CT molecular complexity index is 930. The van der Waals surface area contributed by atoms with Crippen LogP contribution in [0.3, 0.4) is 0 Å². The topological polar surface area (TPSA) is 52.7 Å². The van der Waals surface area contributed by atoms with E-state index in [2.05, 4.69) is 31.0 Å². The molecule has 1 atom stereocenters. The van der Waals surface area contributed by atoms with Gasteiger partial charge in [0.25, 0.3) is 0 Å². The van der Waals surface area contributed by atoms with Crippen molar-refractivity contribution in [3.8, 4) is 0 Å². The molecule has 2 saturated heterocycles. The van der Waals surface area contributed by atoms with E-state index in [9.17, 15) is 17.2 Å². The van der Waals surface area contributed by atoms with Gasteiger partial charge in [0.1, 0.15) is 21.5 Å². The second kappa shape index (κ2) is 8.15. The minimum absolute atomic E-state index is 0.170. The van der Waals surface area contributed by atoms with Crippen LogP contribution < -0.4 is 5.32 Å². The molecule has 3 aliphatic rings. The summed E-state index contributed by atoms with van der Waals surface area (Å²) < 4.78 is 52.5. The Morgan fingerprint density at radius 1 is 1.24 bits per heavy atom. The Morgan fingerprint density at radius 3 is 2.66 bits per heavy atom. The second-order valence-corrected chi connectivity index (χ2v) is 11.4. The summed E-state index contributed by atoms with van der Waals surface area (Å²) in [5.74, 6) is -1.18. The molecule has 3 heterocycles. The lowest BCUT2D eigenvalue weighted by molar-refractivity contribution is 0.231. The van der Waals surface area contributed by atoms with Crippen LogP contribution in [-0.2, 0) is 9.84 Å². The predicted molar refractivity (Wildman–Crippen MR) is 112 cm³/mol. The lowest BCUT2D eigenvalue weighted by Crippen LogP contribution is -2.39. The molecule has 1 aromatic carbocycles. The number of piperidine rings is 1. The molecule has 4 rings (SSSR count). The maximum absolute atomic E-state index is 14.5. The van der Waals surface area contributed by atoms with Crippen molar-refractivity contribution >= 4 is 25.8 Å². The van der Waals surface area contributed by atoms with Crippen LogP contribution >= 0.6 is 15.9 Å². The van der Waals surface area contributed by atoms with Gasteiger partial charge in [-0.1, -0.05) is 0 Å². The van der Waals surface area contributed by atoms with E-state index in [1.807, 2.05) is 0 Å². The number of likely N-dealkylation sites (tertiary alicyclic amines) is 1. The largest absolute Gasteiger partial charge is 0.370 e. The lowest BCUT2D eigenvalue weighted by Gasteiger charge is -2.31. The quantitative estimate of drug-likeness (QED) is 0.643. The zero-order valence-corrected chi connectivity index (χ0v) is 18.8. The first-order chi connectivity index (χ1) is 13.7. The number of fused-ring (bicyclic) bond motifs is 1. The molecule has 9 heteroatoms. The Kier molecular flexibility index (Phi) is 5.92. The van der Waals surface area contributed by atoms with Gasteiger partial charge in [-0.05, 0) is 60.4 Å². The average Bonchev–Trinajstić information content (AvgIpc) is 3.24. The van der Waals surface area contributed by atoms with Crippen LogP contribution in [0.4, 0.5) is 8.78 Å². The molecular formula is C20H26BrF2N3O2S. The smallest absolute Gasteiger partial charge is 0.150 e. The van der Waals surface area contributed by atoms with E-state index in [4.69, 9.17) is 0 Å². The van der Waals surface area contributed by atoms with Crippen molar-refractivity contribution in [2.24, 2.45) is 0 Å². The summed E-state index contributed by atoms with van der Waals surface area (Å²) in [5.41, 5.74) is 2.47. The zero-order chi connectivity index (χ0) is 20.8. The van der Waals surface area contributed by atoms with Crippen LogP contribution in [0.5, 0.6) is 0 Å². The molecule has 0 unspecified atom stereocenters. The van der Waals surface area contributed by atoms with Crippen molar-refractivity contribution in [3.63, 3.8) is 0 Å². The van der Waals surface area contributed by atoms with Crippen molar-refractivity contribution in [2.75, 3.05) is 39.1 Å². The van der Waals surface area contributed by atoms with E-state index in [0.717, 1.165) is 37.4 Å². The molecule has 3 aliphatic heterocycles. The summed E-state index contributed by atoms with van der Waals surface area (Å²) in [6, 6.07) is 2.73. The van der Waals surface area contributed by atoms with Crippen molar-refractivity contribution < 1.29 is 17.2 Å². The maximum Gasteiger partial charge on any atom is 0.150 e. The minimum atomic E-state index is -2.95. The van der Waals surface area contributed by atoms with E-state index >= 15 is 0 Å². The van der Waals surface area contributed by atoms with Crippen molar-refractivity contribution in [2.45, 2.75) is 36.9 Å². The van der Waals surface area contributed by atoms with E-state index in [1.54, 1.807) is 0 Å². The first-order valence-corrected chi connectivity index (χ1v) is 12.7. The summed E-state index contributed by atoms with van der Waals surface area (Å²) in [4.78, 5) is 4.48. The van der Waals surface area contributed by atoms with Gasteiger partial charge in [-0.3, -0.25) is 0 Å². The van der Waals surface area contributed by atoms with Gasteiger partial charge in [-0.25, -0.2) is 17.2 Å². The van der Waals surface area contributed by atoms with Crippen molar-refractivity contribution in [1.29, 1.82) is 0 Å². The summed E-state index contributed by atoms with van der Waals surface area (Å²) in [6.45, 7) is 3.73. The van der Waals surface area contributed by atoms with Gasteiger partial charge in [0.15, 0.2) is 0 Å². The van der Waals surface area contributed by atoms with Crippen LogP contribution in [0, 0.1) is 11.6 Å². The molecule has 0 spiro atoms. The van der Waals surface area contributed by atoms with E-state index in [0.29, 0.717) is 36.9 Å². The number of hydrogen-bond donors (Lipinski definition) is 1. The molecule has 0 bridgehead atoms. The average molecular weight is 490 g/mol. The molecule has 0 amide bonds. The monoisotopic (exact) mass is 489 g/mol. The molecule has 2 fully saturated rings. The summed E-state index contributed by atoms with van der Waals surface area (Å²) in [5, 5.41) is 3.21. The first kappa shape index (κ1) is 21.1. The molecule has 5 nitrogen and oxygen atoms in total. The standard InChI is InChI=1S/C20H26BrF2N3O2S/c1-29(27,28)14-4-7-25(8-5-14)9-6-17-18-10-13(11-26(18)12-24-17)19-16(22)3-2-15(21)20(19)23/h2-3,13-14,24H,4-12H2,1H3/t13-/m0/s1. The van der Waals surface area contributed by atoms with Crippen LogP contribution in [0.2, 0.25) is 0 Å². The number of rotatable bonds is 5. The van der Waals surface area contributed by atoms with Crippen LogP contribution in [0.15, 0.2) is 28.0 Å². The fourth-order valence-corrected chi connectivity index (χ4v) is 6.16. The number of hydrogen-bond acceptors (Lipinski definition) is 5. The Morgan fingerprint density at radius 2 is 1.97 bits per heavy atom. The third kappa shape index (κ3) is 4.32. The number of sulfone groups is 1. The molecule has 1 N–H and O–H groups in total. The molecule has 0 aliphatic carbocycles. The highest BCUT2D eigenvalue weighted by Crippen LogP contribution is 2.41. The summed E-state index contributed by atoms with van der Waals surface area (Å²) in [7, 11) is -2.95. The highest BCUT2D eigenvalue weighted by Gasteiger charge is 2.36. The van der Waals surface area contributed by atoms with E-state index in [-0.39, 0.29) is 16.7 Å². The van der Waals surface area contributed by atoms with Crippen LogP contribution in [0.1, 0.15) is 37.2 Å². The molecule has 0 radical (unpaired) electrons. The van der Waals surface area contributed by atoms with Gasteiger partial charge in [0, 0.05) is 48.6 Å². The zero-order valence-electron chi connectivity index (χ0n) is 16.4. The van der Waals surface area contributed by atoms with E-state index < -0.39 is 21.5 Å². The van der Waals surface area contributed by atoms with Gasteiger partial charge in [0.2, 0.25) is 0 Å². The molecule has 29 heavy (non-hydrogen) atoms. The van der Waals surface area contributed by atoms with E-state index in [1.165, 1.54) is 18.4 Å². The third-order valence-electron chi connectivity index (χ3n) is 6.40.